The number of amides is 6. The number of nitrogens with zero attached hydrogens (tertiary/aromatic N) is 12. The first kappa shape index (κ1) is 87.2. The number of imidazole rings is 2. The largest absolute Gasteiger partial charge is 0.481 e. The van der Waals surface area contributed by atoms with Crippen molar-refractivity contribution < 1.29 is 91.0 Å². The van der Waals surface area contributed by atoms with Crippen LogP contribution in [-0.2, 0) is 73.5 Å². The molecule has 4 aromatic carbocycles. The SMILES string of the molecule is CC(=O)NC(CC(=O)O)C(=O)NC(CC(=O)O)C(=O)N(C)CCCN(CCCN1CCOCC1)C(=O)Oc1c(Cc2ccco2)nc2c(Cc3ccccc3)nc(-c3ccccc3)cn12.CN(CCCN(CCCN1CCOCC1)C(=O)Oc1c(Cc2ccco2)nc2c(Cc3ccccc3)nc(-c3ccccc3)cn12)C(=O)COCC(=O)O. The lowest BCUT2D eigenvalue weighted by molar-refractivity contribution is -0.145. The number of hydrogen-bond acceptors (Lipinski definition) is 22. The topological polar surface area (TPSA) is 391 Å². The number of ether oxygens (including phenoxy) is 5. The first-order valence-electron chi connectivity index (χ1n) is 39.6. The van der Waals surface area contributed by atoms with Crippen molar-refractivity contribution in [3.8, 4) is 34.3 Å². The van der Waals surface area contributed by atoms with E-state index < -0.39 is 79.3 Å². The number of rotatable bonds is 40. The molecular formula is C86H100N14O19. The summed E-state index contributed by atoms with van der Waals surface area (Å²) in [7, 11) is 3.05. The van der Waals surface area contributed by atoms with E-state index >= 15 is 0 Å². The maximum atomic E-state index is 14.5. The van der Waals surface area contributed by atoms with Gasteiger partial charge in [-0.3, -0.25) is 47.4 Å². The van der Waals surface area contributed by atoms with Gasteiger partial charge in [-0.1, -0.05) is 121 Å². The molecule has 2 saturated heterocycles. The third kappa shape index (κ3) is 26.2. The van der Waals surface area contributed by atoms with Crippen LogP contribution in [-0.4, -0.2) is 272 Å². The fourth-order valence-electron chi connectivity index (χ4n) is 13.8. The van der Waals surface area contributed by atoms with Gasteiger partial charge in [-0.2, -0.15) is 0 Å². The van der Waals surface area contributed by atoms with Gasteiger partial charge in [-0.25, -0.2) is 34.3 Å². The molecule has 33 nitrogen and oxygen atoms in total. The highest BCUT2D eigenvalue weighted by Gasteiger charge is 2.33. The van der Waals surface area contributed by atoms with Crippen LogP contribution in [0.2, 0.25) is 0 Å². The van der Waals surface area contributed by atoms with Gasteiger partial charge in [0.05, 0.1) is 87.4 Å². The monoisotopic (exact) mass is 1630 g/mol. The molecule has 12 rings (SSSR count). The second-order valence-electron chi connectivity index (χ2n) is 28.8. The van der Waals surface area contributed by atoms with Crippen molar-refractivity contribution in [3.63, 3.8) is 0 Å². The standard InChI is InChI=1S/C46H54N8O11.C40H46N6O8/c1-31(55)47-36(28-40(56)57)43(60)50-37(29-41(58)59)44(61)51(2)17-10-19-53(20-11-18-52-21-24-63-25-22-52)46(62)65-45-38(27-34-16-9-23-64-34)49-42-35(26-32-12-5-3-6-13-32)48-39(30-54(42)45)33-14-7-4-8-15-33;1-43(36(47)28-52-29-37(48)49)16-9-18-45(19-10-17-44-20-23-51-24-21-44)40(50)54-39-34(26-32-15-8-22-53-32)42-38-33(25-30-11-4-2-5-12-30)41-35(27-46(38)39)31-13-6-3-7-14-31/h3-9,12-16,23,30,36-37H,10-11,17-22,24-29H2,1-2H3,(H,47,55)(H,50,60)(H,56,57)(H,58,59);2-8,11-15,22,27H,9-10,16-21,23-26,28-29H2,1H3,(H,48,49). The molecule has 2 unspecified atom stereocenters. The van der Waals surface area contributed by atoms with Gasteiger partial charge in [0, 0.05) is 136 Å². The minimum absolute atomic E-state index is 0.0383. The minimum Gasteiger partial charge on any atom is -0.481 e. The number of carbonyl (C=O) groups excluding carboxylic acids is 6. The van der Waals surface area contributed by atoms with Gasteiger partial charge in [0.25, 0.3) is 0 Å². The Balaban J connectivity index is 0.000000237. The van der Waals surface area contributed by atoms with Crippen LogP contribution in [0.15, 0.2) is 179 Å². The Hall–Kier alpha value is -12.7. The third-order valence-electron chi connectivity index (χ3n) is 19.9. The van der Waals surface area contributed by atoms with Crippen molar-refractivity contribution >= 4 is 65.0 Å². The molecule has 0 radical (unpaired) electrons. The Bertz CT molecular complexity index is 4970. The number of carbonyl (C=O) groups is 9. The highest BCUT2D eigenvalue weighted by Crippen LogP contribution is 2.33. The summed E-state index contributed by atoms with van der Waals surface area (Å²) in [6.45, 7) is 8.99. The molecular weight excluding hydrogens is 1530 g/mol. The zero-order chi connectivity index (χ0) is 84.0. The summed E-state index contributed by atoms with van der Waals surface area (Å²) in [6.07, 6.45) is 7.48. The molecule has 2 atom stereocenters. The van der Waals surface area contributed by atoms with E-state index in [9.17, 15) is 53.4 Å². The Morgan fingerprint density at radius 1 is 0.462 bits per heavy atom. The highest BCUT2D eigenvalue weighted by atomic mass is 16.6. The number of nitrogens with one attached hydrogen (secondary N) is 2. The van der Waals surface area contributed by atoms with E-state index in [1.165, 1.54) is 16.8 Å². The molecule has 8 heterocycles. The summed E-state index contributed by atoms with van der Waals surface area (Å²) in [5.41, 5.74) is 8.64. The van der Waals surface area contributed by atoms with Crippen LogP contribution in [0.1, 0.15) is 90.9 Å². The minimum atomic E-state index is -1.57. The van der Waals surface area contributed by atoms with Crippen molar-refractivity contribution in [1.82, 2.24) is 68.8 Å². The van der Waals surface area contributed by atoms with E-state index in [1.54, 1.807) is 46.0 Å². The number of aromatic nitrogens is 6. The van der Waals surface area contributed by atoms with Crippen LogP contribution >= 0.6 is 0 Å². The number of aliphatic carboxylic acids is 3. The molecule has 33 heteroatoms. The Kier molecular flexibility index (Phi) is 32.3. The molecule has 119 heavy (non-hydrogen) atoms. The van der Waals surface area contributed by atoms with Gasteiger partial charge in [-0.05, 0) is 61.1 Å². The van der Waals surface area contributed by atoms with Crippen LogP contribution in [0.3, 0.4) is 0 Å². The maximum absolute atomic E-state index is 14.5. The second-order valence-corrected chi connectivity index (χ2v) is 28.8. The van der Waals surface area contributed by atoms with Crippen LogP contribution in [0.5, 0.6) is 11.8 Å². The average Bonchev–Trinajstić information content (AvgIpc) is 1.62. The molecule has 0 bridgehead atoms. The lowest BCUT2D eigenvalue weighted by Gasteiger charge is -2.29. The average molecular weight is 1630 g/mol. The quantitative estimate of drug-likeness (QED) is 0.0242. The summed E-state index contributed by atoms with van der Waals surface area (Å²) in [5.74, 6) is -5.01. The molecule has 6 aromatic heterocycles. The summed E-state index contributed by atoms with van der Waals surface area (Å²) in [4.78, 5) is 144. The number of benzene rings is 4. The van der Waals surface area contributed by atoms with E-state index in [-0.39, 0.29) is 56.6 Å². The second kappa shape index (κ2) is 44.0. The first-order chi connectivity index (χ1) is 57.7. The Morgan fingerprint density at radius 3 is 1.29 bits per heavy atom. The van der Waals surface area contributed by atoms with Gasteiger partial charge < -0.3 is 78.1 Å². The Labute approximate surface area is 687 Å². The van der Waals surface area contributed by atoms with Crippen LogP contribution in [0, 0.1) is 0 Å². The lowest BCUT2D eigenvalue weighted by Crippen LogP contribution is -2.55. The van der Waals surface area contributed by atoms with Crippen molar-refractivity contribution in [3.05, 3.63) is 216 Å². The number of furan rings is 2. The predicted molar refractivity (Wildman–Crippen MR) is 434 cm³/mol. The zero-order valence-corrected chi connectivity index (χ0v) is 66.9. The molecule has 0 spiro atoms. The van der Waals surface area contributed by atoms with Crippen LogP contribution in [0.25, 0.3) is 33.8 Å². The molecule has 2 fully saturated rings. The number of likely N-dealkylation sites (N-methyl/N-ethyl adjacent to an activating group) is 2. The summed E-state index contributed by atoms with van der Waals surface area (Å²) >= 11 is 0. The zero-order valence-electron chi connectivity index (χ0n) is 66.9. The molecule has 628 valence electrons. The lowest BCUT2D eigenvalue weighted by atomic mass is 10.1. The van der Waals surface area contributed by atoms with E-state index in [0.717, 1.165) is 67.6 Å². The smallest absolute Gasteiger partial charge is 0.416 e. The van der Waals surface area contributed by atoms with Crippen LogP contribution in [0.4, 0.5) is 9.59 Å². The fourth-order valence-corrected chi connectivity index (χ4v) is 13.8. The van der Waals surface area contributed by atoms with Gasteiger partial charge in [0.1, 0.15) is 48.2 Å². The molecule has 5 N–H and O–H groups in total. The van der Waals surface area contributed by atoms with Crippen LogP contribution < -0.4 is 20.1 Å². The van der Waals surface area contributed by atoms with E-state index in [1.807, 2.05) is 150 Å². The van der Waals surface area contributed by atoms with Crippen molar-refractivity contribution in [2.45, 2.75) is 83.2 Å². The molecule has 2 aliphatic rings. The van der Waals surface area contributed by atoms with Crippen molar-refractivity contribution in [2.24, 2.45) is 0 Å². The third-order valence-corrected chi connectivity index (χ3v) is 19.9. The van der Waals surface area contributed by atoms with E-state index in [4.69, 9.17) is 57.6 Å². The van der Waals surface area contributed by atoms with Crippen molar-refractivity contribution in [1.29, 1.82) is 0 Å². The van der Waals surface area contributed by atoms with Crippen molar-refractivity contribution in [2.75, 3.05) is 132 Å². The molecule has 6 amide bonds. The highest BCUT2D eigenvalue weighted by molar-refractivity contribution is 5.95. The molecule has 2 aliphatic heterocycles. The summed E-state index contributed by atoms with van der Waals surface area (Å²) < 4.78 is 43.7. The molecule has 0 aliphatic carbocycles. The number of carboxylic acids is 3. The van der Waals surface area contributed by atoms with E-state index in [0.29, 0.717) is 143 Å². The van der Waals surface area contributed by atoms with Gasteiger partial charge in [0.15, 0.2) is 11.3 Å². The molecule has 0 saturated carbocycles. The molecule has 10 aromatic rings. The van der Waals surface area contributed by atoms with Gasteiger partial charge in [-0.15, -0.1) is 0 Å². The Morgan fingerprint density at radius 2 is 0.882 bits per heavy atom. The van der Waals surface area contributed by atoms with Gasteiger partial charge >= 0.3 is 30.1 Å². The summed E-state index contributed by atoms with van der Waals surface area (Å²) in [6, 6.07) is 43.5. The summed E-state index contributed by atoms with van der Waals surface area (Å²) in [5, 5.41) is 32.2. The first-order valence-corrected chi connectivity index (χ1v) is 39.6. The maximum Gasteiger partial charge on any atom is 0.416 e. The van der Waals surface area contributed by atoms with Gasteiger partial charge in [0.2, 0.25) is 35.4 Å². The number of fused-ring (bicyclic) bond motifs is 2. The predicted octanol–water partition coefficient (Wildman–Crippen LogP) is 8.13. The van der Waals surface area contributed by atoms with E-state index in [2.05, 4.69) is 20.4 Å². The number of carboxylic acid groups (broad SMARTS) is 3. The normalized spacial score (nSPS) is 13.5. The fraction of sp³-hybridized carbons (Fsp3) is 0.384. The number of hydrogen-bond donors (Lipinski definition) is 5. The number of morpholine rings is 2.